The third-order valence-corrected chi connectivity index (χ3v) is 2.17. The molecule has 0 spiro atoms. The summed E-state index contributed by atoms with van der Waals surface area (Å²) in [6.07, 6.45) is 0. The molecule has 0 saturated heterocycles. The summed E-state index contributed by atoms with van der Waals surface area (Å²) in [5, 5.41) is 8.96. The van der Waals surface area contributed by atoms with Crippen LogP contribution in [0.5, 0.6) is 0 Å². The first-order chi connectivity index (χ1) is 8.58. The second-order valence-corrected chi connectivity index (χ2v) is 3.43. The molecule has 6 nitrogen and oxygen atoms in total. The summed E-state index contributed by atoms with van der Waals surface area (Å²) in [5.41, 5.74) is 5.56. The molecule has 0 aliphatic rings. The molecule has 0 saturated carbocycles. The van der Waals surface area contributed by atoms with E-state index in [0.717, 1.165) is 12.1 Å². The molecule has 2 rings (SSSR count). The van der Waals surface area contributed by atoms with E-state index in [1.165, 1.54) is 6.07 Å². The van der Waals surface area contributed by atoms with Gasteiger partial charge in [-0.3, -0.25) is 4.79 Å². The summed E-state index contributed by atoms with van der Waals surface area (Å²) in [7, 11) is 0. The number of amides is 1. The van der Waals surface area contributed by atoms with Crippen LogP contribution < -0.4 is 11.1 Å². The van der Waals surface area contributed by atoms with E-state index in [2.05, 4.69) is 20.3 Å². The Morgan fingerprint density at radius 2 is 2.11 bits per heavy atom. The molecule has 94 valence electrons. The predicted octanol–water partition coefficient (Wildman–Crippen LogP) is 0.860. The van der Waals surface area contributed by atoms with Crippen molar-refractivity contribution in [2.75, 3.05) is 5.73 Å². The van der Waals surface area contributed by atoms with Gasteiger partial charge >= 0.3 is 0 Å². The lowest BCUT2D eigenvalue weighted by Crippen LogP contribution is -2.24. The number of rotatable bonds is 3. The van der Waals surface area contributed by atoms with E-state index in [9.17, 15) is 13.6 Å². The van der Waals surface area contributed by atoms with Crippen LogP contribution in [0.3, 0.4) is 0 Å². The van der Waals surface area contributed by atoms with Crippen LogP contribution in [0.15, 0.2) is 22.8 Å². The number of nitrogens with zero attached hydrogens (tertiary/aromatic N) is 2. The van der Waals surface area contributed by atoms with Gasteiger partial charge in [-0.15, -0.1) is 0 Å². The Kier molecular flexibility index (Phi) is 3.18. The third kappa shape index (κ3) is 2.42. The van der Waals surface area contributed by atoms with Crippen LogP contribution in [0.25, 0.3) is 0 Å². The average Bonchev–Trinajstić information content (AvgIpc) is 2.77. The predicted molar refractivity (Wildman–Crippen MR) is 56.2 cm³/mol. The van der Waals surface area contributed by atoms with Crippen LogP contribution in [0, 0.1) is 11.6 Å². The highest BCUT2D eigenvalue weighted by Crippen LogP contribution is 2.09. The highest BCUT2D eigenvalue weighted by Gasteiger charge is 2.15. The van der Waals surface area contributed by atoms with Gasteiger partial charge in [0.2, 0.25) is 11.5 Å². The van der Waals surface area contributed by atoms with Crippen molar-refractivity contribution in [2.24, 2.45) is 0 Å². The van der Waals surface area contributed by atoms with E-state index in [1.807, 2.05) is 0 Å². The molecule has 8 heteroatoms. The van der Waals surface area contributed by atoms with Gasteiger partial charge in [0.15, 0.2) is 11.6 Å². The van der Waals surface area contributed by atoms with E-state index in [1.54, 1.807) is 0 Å². The van der Waals surface area contributed by atoms with E-state index in [4.69, 9.17) is 5.73 Å². The quantitative estimate of drug-likeness (QED) is 0.847. The Bertz CT molecular complexity index is 585. The topological polar surface area (TPSA) is 94.0 Å². The van der Waals surface area contributed by atoms with Gasteiger partial charge in [0.25, 0.3) is 5.91 Å². The molecule has 0 aliphatic heterocycles. The Balaban J connectivity index is 2.02. The van der Waals surface area contributed by atoms with Crippen molar-refractivity contribution >= 4 is 11.7 Å². The lowest BCUT2D eigenvalue weighted by molar-refractivity contribution is 0.0941. The molecule has 0 radical (unpaired) electrons. The fraction of sp³-hybridized carbons (Fsp3) is 0.100. The molecule has 0 fully saturated rings. The Morgan fingerprint density at radius 1 is 1.33 bits per heavy atom. The molecular weight excluding hydrogens is 246 g/mol. The summed E-state index contributed by atoms with van der Waals surface area (Å²) < 4.78 is 29.8. The highest BCUT2D eigenvalue weighted by atomic mass is 19.2. The number of halogens is 2. The SMILES string of the molecule is Nc1nonc1C(=O)NCc1ccc(F)c(F)c1. The lowest BCUT2D eigenvalue weighted by Gasteiger charge is -2.03. The number of hydrogen-bond donors (Lipinski definition) is 2. The summed E-state index contributed by atoms with van der Waals surface area (Å²) in [4.78, 5) is 11.5. The molecule has 1 amide bonds. The van der Waals surface area contributed by atoms with Crippen LogP contribution in [-0.4, -0.2) is 16.2 Å². The molecule has 3 N–H and O–H groups in total. The molecule has 0 bridgehead atoms. The number of carbonyl (C=O) groups excluding carboxylic acids is 1. The van der Waals surface area contributed by atoms with E-state index in [0.29, 0.717) is 5.56 Å². The summed E-state index contributed by atoms with van der Waals surface area (Å²) in [6, 6.07) is 3.31. The normalized spacial score (nSPS) is 10.3. The number of carbonyl (C=O) groups is 1. The number of nitrogens with two attached hydrogens (primary N) is 1. The monoisotopic (exact) mass is 254 g/mol. The Hall–Kier alpha value is -2.51. The van der Waals surface area contributed by atoms with E-state index < -0.39 is 17.5 Å². The van der Waals surface area contributed by atoms with Crippen LogP contribution in [0.4, 0.5) is 14.6 Å². The number of anilines is 1. The van der Waals surface area contributed by atoms with Crippen LogP contribution in [0.1, 0.15) is 16.1 Å². The fourth-order valence-corrected chi connectivity index (χ4v) is 1.27. The second-order valence-electron chi connectivity index (χ2n) is 3.43. The van der Waals surface area contributed by atoms with Crippen molar-refractivity contribution in [3.8, 4) is 0 Å². The van der Waals surface area contributed by atoms with Gasteiger partial charge in [0.1, 0.15) is 0 Å². The summed E-state index contributed by atoms with van der Waals surface area (Å²) in [5.74, 6) is -2.68. The number of nitrogens with one attached hydrogen (secondary N) is 1. The minimum absolute atomic E-state index is 0.00231. The zero-order chi connectivity index (χ0) is 13.1. The van der Waals surface area contributed by atoms with Gasteiger partial charge in [0, 0.05) is 6.54 Å². The van der Waals surface area contributed by atoms with E-state index >= 15 is 0 Å². The minimum atomic E-state index is -0.982. The van der Waals surface area contributed by atoms with Crippen LogP contribution >= 0.6 is 0 Å². The minimum Gasteiger partial charge on any atom is -0.379 e. The number of aromatic nitrogens is 2. The van der Waals surface area contributed by atoms with Crippen LogP contribution in [-0.2, 0) is 6.54 Å². The first kappa shape index (κ1) is 12.0. The molecule has 0 unspecified atom stereocenters. The van der Waals surface area contributed by atoms with Crippen molar-refractivity contribution in [1.29, 1.82) is 0 Å². The average molecular weight is 254 g/mol. The number of benzene rings is 1. The largest absolute Gasteiger partial charge is 0.379 e. The van der Waals surface area contributed by atoms with E-state index in [-0.39, 0.29) is 18.1 Å². The molecule has 1 heterocycles. The Labute approximate surface area is 99.7 Å². The molecular formula is C10H8F2N4O2. The molecule has 1 aromatic carbocycles. The molecule has 1 aromatic heterocycles. The smallest absolute Gasteiger partial charge is 0.277 e. The maximum absolute atomic E-state index is 12.9. The highest BCUT2D eigenvalue weighted by molar-refractivity contribution is 5.95. The first-order valence-electron chi connectivity index (χ1n) is 4.88. The van der Waals surface area contributed by atoms with Gasteiger partial charge < -0.3 is 11.1 Å². The fourth-order valence-electron chi connectivity index (χ4n) is 1.27. The number of nitrogen functional groups attached to an aromatic ring is 1. The molecule has 18 heavy (non-hydrogen) atoms. The molecule has 0 aliphatic carbocycles. The van der Waals surface area contributed by atoms with Crippen molar-refractivity contribution < 1.29 is 18.2 Å². The van der Waals surface area contributed by atoms with Crippen molar-refractivity contribution in [2.45, 2.75) is 6.54 Å². The van der Waals surface area contributed by atoms with Crippen molar-refractivity contribution in [3.63, 3.8) is 0 Å². The number of hydrogen-bond acceptors (Lipinski definition) is 5. The summed E-state index contributed by atoms with van der Waals surface area (Å²) >= 11 is 0. The van der Waals surface area contributed by atoms with Crippen molar-refractivity contribution in [1.82, 2.24) is 15.6 Å². The Morgan fingerprint density at radius 3 is 2.72 bits per heavy atom. The standard InChI is InChI=1S/C10H8F2N4O2/c11-6-2-1-5(3-7(6)12)4-14-10(17)8-9(13)16-18-15-8/h1-3H,4H2,(H2,13,16)(H,14,17). The zero-order valence-electron chi connectivity index (χ0n) is 8.98. The maximum atomic E-state index is 12.9. The lowest BCUT2D eigenvalue weighted by atomic mass is 10.2. The van der Waals surface area contributed by atoms with Gasteiger partial charge in [-0.2, -0.15) is 0 Å². The van der Waals surface area contributed by atoms with Crippen LogP contribution in [0.2, 0.25) is 0 Å². The zero-order valence-corrected chi connectivity index (χ0v) is 8.98. The van der Waals surface area contributed by atoms with Crippen molar-refractivity contribution in [3.05, 3.63) is 41.1 Å². The van der Waals surface area contributed by atoms with Gasteiger partial charge in [-0.05, 0) is 28.0 Å². The van der Waals surface area contributed by atoms with Gasteiger partial charge in [-0.25, -0.2) is 13.4 Å². The summed E-state index contributed by atoms with van der Waals surface area (Å²) in [6.45, 7) is 0.00231. The molecule has 2 aromatic rings. The van der Waals surface area contributed by atoms with Gasteiger partial charge in [-0.1, -0.05) is 6.07 Å². The molecule has 0 atom stereocenters. The maximum Gasteiger partial charge on any atom is 0.277 e. The first-order valence-corrected chi connectivity index (χ1v) is 4.88. The third-order valence-electron chi connectivity index (χ3n) is 2.17. The van der Waals surface area contributed by atoms with Gasteiger partial charge in [0.05, 0.1) is 0 Å². The second kappa shape index (κ2) is 4.78.